The Morgan fingerprint density at radius 1 is 1.53 bits per heavy atom. The molecular formula is C12H22N2O3. The third kappa shape index (κ3) is 3.10. The zero-order valence-corrected chi connectivity index (χ0v) is 10.4. The molecule has 1 heterocycles. The molecule has 2 rings (SSSR count). The summed E-state index contributed by atoms with van der Waals surface area (Å²) in [6.07, 6.45) is 4.72. The topological polar surface area (TPSA) is 61.8 Å². The van der Waals surface area contributed by atoms with Crippen LogP contribution in [0, 0.1) is 0 Å². The molecule has 1 amide bonds. The largest absolute Gasteiger partial charge is 0.453 e. The van der Waals surface area contributed by atoms with E-state index in [0.717, 1.165) is 38.6 Å². The second kappa shape index (κ2) is 5.23. The van der Waals surface area contributed by atoms with E-state index in [9.17, 15) is 9.90 Å². The number of likely N-dealkylation sites (tertiary alicyclic amines) is 1. The molecule has 98 valence electrons. The fourth-order valence-corrected chi connectivity index (χ4v) is 2.77. The first-order valence-electron chi connectivity index (χ1n) is 6.42. The van der Waals surface area contributed by atoms with Crippen LogP contribution in [0.5, 0.6) is 0 Å². The first kappa shape index (κ1) is 12.6. The smallest absolute Gasteiger partial charge is 0.409 e. The predicted molar refractivity (Wildman–Crippen MR) is 63.8 cm³/mol. The van der Waals surface area contributed by atoms with Crippen molar-refractivity contribution in [3.05, 3.63) is 0 Å². The van der Waals surface area contributed by atoms with Gasteiger partial charge in [-0.15, -0.1) is 0 Å². The van der Waals surface area contributed by atoms with Crippen LogP contribution in [0.2, 0.25) is 0 Å². The van der Waals surface area contributed by atoms with Crippen LogP contribution in [0.1, 0.15) is 32.1 Å². The van der Waals surface area contributed by atoms with Gasteiger partial charge in [0, 0.05) is 25.7 Å². The molecule has 1 aliphatic carbocycles. The van der Waals surface area contributed by atoms with Gasteiger partial charge < -0.3 is 20.1 Å². The molecule has 5 heteroatoms. The van der Waals surface area contributed by atoms with Gasteiger partial charge in [0.1, 0.15) is 0 Å². The van der Waals surface area contributed by atoms with Gasteiger partial charge in [0.15, 0.2) is 0 Å². The third-order valence-electron chi connectivity index (χ3n) is 3.88. The van der Waals surface area contributed by atoms with Crippen molar-refractivity contribution < 1.29 is 14.6 Å². The fraction of sp³-hybridized carbons (Fsp3) is 0.917. The van der Waals surface area contributed by atoms with Crippen molar-refractivity contribution in [3.63, 3.8) is 0 Å². The normalized spacial score (nSPS) is 27.4. The first-order valence-corrected chi connectivity index (χ1v) is 6.42. The standard InChI is InChI=1S/C12H22N2O3/c1-17-11(15)14-7-4-10(8-14)13-9-12(16)5-2-3-6-12/h10,13,16H,2-9H2,1H3. The zero-order valence-electron chi connectivity index (χ0n) is 10.4. The van der Waals surface area contributed by atoms with Crippen molar-refractivity contribution in [2.75, 3.05) is 26.7 Å². The number of nitrogens with one attached hydrogen (secondary N) is 1. The Labute approximate surface area is 102 Å². The Morgan fingerprint density at radius 2 is 2.24 bits per heavy atom. The molecule has 0 bridgehead atoms. The van der Waals surface area contributed by atoms with Crippen molar-refractivity contribution >= 4 is 6.09 Å². The van der Waals surface area contributed by atoms with Crippen LogP contribution in [0.4, 0.5) is 4.79 Å². The van der Waals surface area contributed by atoms with Gasteiger partial charge >= 0.3 is 6.09 Å². The van der Waals surface area contributed by atoms with Crippen molar-refractivity contribution in [2.45, 2.75) is 43.7 Å². The van der Waals surface area contributed by atoms with Crippen molar-refractivity contribution in [3.8, 4) is 0 Å². The van der Waals surface area contributed by atoms with E-state index < -0.39 is 5.60 Å². The molecule has 0 aromatic rings. The van der Waals surface area contributed by atoms with Gasteiger partial charge in [-0.2, -0.15) is 0 Å². The Bertz CT molecular complexity index is 277. The third-order valence-corrected chi connectivity index (χ3v) is 3.88. The highest BCUT2D eigenvalue weighted by Crippen LogP contribution is 2.28. The van der Waals surface area contributed by atoms with Crippen LogP contribution < -0.4 is 5.32 Å². The quantitative estimate of drug-likeness (QED) is 0.765. The Balaban J connectivity index is 1.72. The van der Waals surface area contributed by atoms with Crippen molar-refractivity contribution in [1.29, 1.82) is 0 Å². The number of rotatable bonds is 3. The van der Waals surface area contributed by atoms with Gasteiger partial charge in [0.2, 0.25) is 0 Å². The minimum absolute atomic E-state index is 0.256. The van der Waals surface area contributed by atoms with Crippen LogP contribution in [-0.4, -0.2) is 54.5 Å². The van der Waals surface area contributed by atoms with E-state index in [1.165, 1.54) is 7.11 Å². The van der Waals surface area contributed by atoms with Crippen LogP contribution in [0.3, 0.4) is 0 Å². The number of ether oxygens (including phenoxy) is 1. The number of methoxy groups -OCH3 is 1. The van der Waals surface area contributed by atoms with E-state index in [1.807, 2.05) is 0 Å². The maximum absolute atomic E-state index is 11.3. The van der Waals surface area contributed by atoms with E-state index in [1.54, 1.807) is 4.90 Å². The van der Waals surface area contributed by atoms with Gasteiger partial charge in [0.25, 0.3) is 0 Å². The number of carbonyl (C=O) groups excluding carboxylic acids is 1. The van der Waals surface area contributed by atoms with Crippen molar-refractivity contribution in [1.82, 2.24) is 10.2 Å². The monoisotopic (exact) mass is 242 g/mol. The number of amides is 1. The molecular weight excluding hydrogens is 220 g/mol. The minimum Gasteiger partial charge on any atom is -0.453 e. The van der Waals surface area contributed by atoms with Gasteiger partial charge in [-0.1, -0.05) is 12.8 Å². The number of nitrogens with zero attached hydrogens (tertiary/aromatic N) is 1. The van der Waals surface area contributed by atoms with Gasteiger partial charge in [-0.3, -0.25) is 0 Å². The highest BCUT2D eigenvalue weighted by atomic mass is 16.5. The maximum atomic E-state index is 11.3. The van der Waals surface area contributed by atoms with Gasteiger partial charge in [0.05, 0.1) is 12.7 Å². The Kier molecular flexibility index (Phi) is 3.89. The summed E-state index contributed by atoms with van der Waals surface area (Å²) in [6, 6.07) is 0.290. The minimum atomic E-state index is -0.515. The van der Waals surface area contributed by atoms with Crippen molar-refractivity contribution in [2.24, 2.45) is 0 Å². The average Bonchev–Trinajstić information content (AvgIpc) is 2.95. The zero-order chi connectivity index (χ0) is 12.3. The molecule has 0 radical (unpaired) electrons. The lowest BCUT2D eigenvalue weighted by Crippen LogP contribution is -2.44. The summed E-state index contributed by atoms with van der Waals surface area (Å²) >= 11 is 0. The molecule has 1 unspecified atom stereocenters. The van der Waals surface area contributed by atoms with E-state index in [-0.39, 0.29) is 6.09 Å². The number of aliphatic hydroxyl groups is 1. The molecule has 2 aliphatic rings. The maximum Gasteiger partial charge on any atom is 0.409 e. The first-order chi connectivity index (χ1) is 8.13. The fourth-order valence-electron chi connectivity index (χ4n) is 2.77. The molecule has 0 aromatic carbocycles. The van der Waals surface area contributed by atoms with Crippen LogP contribution in [0.25, 0.3) is 0 Å². The summed E-state index contributed by atoms with van der Waals surface area (Å²) in [5, 5.41) is 13.6. The molecule has 0 aromatic heterocycles. The second-order valence-electron chi connectivity index (χ2n) is 5.21. The lowest BCUT2D eigenvalue weighted by molar-refractivity contribution is 0.0451. The summed E-state index contributed by atoms with van der Waals surface area (Å²) in [5.74, 6) is 0. The predicted octanol–water partition coefficient (Wildman–Crippen LogP) is 0.722. The molecule has 1 saturated carbocycles. The molecule has 1 atom stereocenters. The van der Waals surface area contributed by atoms with Crippen LogP contribution in [-0.2, 0) is 4.74 Å². The number of hydrogen-bond donors (Lipinski definition) is 2. The summed E-state index contributed by atoms with van der Waals surface area (Å²) < 4.78 is 4.69. The SMILES string of the molecule is COC(=O)N1CCC(NCC2(O)CCCC2)C1. The molecule has 2 N–H and O–H groups in total. The molecule has 5 nitrogen and oxygen atoms in total. The number of carbonyl (C=O) groups is 1. The lowest BCUT2D eigenvalue weighted by atomic mass is 10.0. The molecule has 0 spiro atoms. The summed E-state index contributed by atoms with van der Waals surface area (Å²) in [4.78, 5) is 13.0. The summed E-state index contributed by atoms with van der Waals surface area (Å²) in [7, 11) is 1.41. The molecule has 17 heavy (non-hydrogen) atoms. The molecule has 1 aliphatic heterocycles. The van der Waals surface area contributed by atoms with E-state index in [4.69, 9.17) is 4.74 Å². The van der Waals surface area contributed by atoms with E-state index in [0.29, 0.717) is 19.1 Å². The van der Waals surface area contributed by atoms with E-state index >= 15 is 0 Å². The number of hydrogen-bond acceptors (Lipinski definition) is 4. The van der Waals surface area contributed by atoms with Crippen LogP contribution >= 0.6 is 0 Å². The summed E-state index contributed by atoms with van der Waals surface area (Å²) in [5.41, 5.74) is -0.515. The van der Waals surface area contributed by atoms with Gasteiger partial charge in [-0.05, 0) is 19.3 Å². The highest BCUT2D eigenvalue weighted by molar-refractivity contribution is 5.67. The average molecular weight is 242 g/mol. The van der Waals surface area contributed by atoms with E-state index in [2.05, 4.69) is 5.32 Å². The Hall–Kier alpha value is -0.810. The molecule has 1 saturated heterocycles. The Morgan fingerprint density at radius 3 is 2.88 bits per heavy atom. The summed E-state index contributed by atoms with van der Waals surface area (Å²) in [6.45, 7) is 2.07. The molecule has 2 fully saturated rings. The van der Waals surface area contributed by atoms with Gasteiger partial charge in [-0.25, -0.2) is 4.79 Å². The second-order valence-corrected chi connectivity index (χ2v) is 5.21. The lowest BCUT2D eigenvalue weighted by Gasteiger charge is -2.25. The van der Waals surface area contributed by atoms with Crippen LogP contribution in [0.15, 0.2) is 0 Å². The highest BCUT2D eigenvalue weighted by Gasteiger charge is 2.33.